The van der Waals surface area contributed by atoms with Gasteiger partial charge < -0.3 is 14.5 Å². The van der Waals surface area contributed by atoms with Crippen LogP contribution in [0.1, 0.15) is 51.2 Å². The van der Waals surface area contributed by atoms with Crippen molar-refractivity contribution in [1.29, 1.82) is 5.26 Å². The lowest BCUT2D eigenvalue weighted by molar-refractivity contribution is 0.0377. The minimum Gasteiger partial charge on any atom is -0.454 e. The third kappa shape index (κ3) is 3.79. The van der Waals surface area contributed by atoms with Gasteiger partial charge in [-0.3, -0.25) is 0 Å². The molecule has 3 aromatic rings. The lowest BCUT2D eigenvalue weighted by Crippen LogP contribution is -2.52. The first-order chi connectivity index (χ1) is 14.2. The molecule has 1 aliphatic carbocycles. The van der Waals surface area contributed by atoms with Crippen LogP contribution in [0.25, 0.3) is 22.3 Å². The first-order valence-corrected chi connectivity index (χ1v) is 11.0. The van der Waals surface area contributed by atoms with Crippen LogP contribution in [0.15, 0.2) is 46.9 Å². The molecule has 4 rings (SSSR count). The Balaban J connectivity index is 1.63. The van der Waals surface area contributed by atoms with Crippen LogP contribution in [-0.4, -0.2) is 11.7 Å². The summed E-state index contributed by atoms with van der Waals surface area (Å²) < 4.78 is 12.5. The normalized spacial score (nSPS) is 15.3. The van der Waals surface area contributed by atoms with Crippen molar-refractivity contribution in [3.05, 3.63) is 57.2 Å². The number of fused-ring (bicyclic) bond motifs is 1. The lowest BCUT2D eigenvalue weighted by atomic mass is 9.72. The fraction of sp³-hybridized carbons (Fsp3) is 0.333. The van der Waals surface area contributed by atoms with Crippen LogP contribution in [0.4, 0.5) is 4.79 Å². The number of para-hydroxylation sites is 1. The van der Waals surface area contributed by atoms with Gasteiger partial charge in [-0.15, -0.1) is 0 Å². The van der Waals surface area contributed by atoms with Crippen LogP contribution in [0.5, 0.6) is 0 Å². The fourth-order valence-corrected chi connectivity index (χ4v) is 4.66. The Labute approximate surface area is 189 Å². The molecule has 1 saturated carbocycles. The van der Waals surface area contributed by atoms with Gasteiger partial charge in [0.2, 0.25) is 0 Å². The van der Waals surface area contributed by atoms with Gasteiger partial charge in [0.15, 0.2) is 5.58 Å². The molecule has 1 N–H and O–H groups in total. The summed E-state index contributed by atoms with van der Waals surface area (Å²) in [6.45, 7) is 5.59. The average molecular weight is 514 g/mol. The molecule has 2 aromatic carbocycles. The Hall–Kier alpha value is -2.53. The number of halogens is 1. The van der Waals surface area contributed by atoms with Crippen molar-refractivity contribution in [3.63, 3.8) is 0 Å². The molecule has 1 aliphatic rings. The maximum Gasteiger partial charge on any atom is 0.408 e. The summed E-state index contributed by atoms with van der Waals surface area (Å²) in [6, 6.07) is 15.9. The molecule has 0 radical (unpaired) electrons. The molecule has 30 heavy (non-hydrogen) atoms. The van der Waals surface area contributed by atoms with Gasteiger partial charge >= 0.3 is 6.09 Å². The fourth-order valence-electron chi connectivity index (χ4n) is 3.82. The standard InChI is InChI=1S/C24H23IN2O3/c1-23(2,3)30-22(28)27-24(12-5-13-24)17-10-8-15(9-11-17)21-19(25)18-7-4-6-16(14-26)20(18)29-21/h4,6-11H,5,12-13H2,1-3H3,(H,27,28). The number of hydrogen-bond acceptors (Lipinski definition) is 4. The van der Waals surface area contributed by atoms with E-state index in [0.29, 0.717) is 11.1 Å². The van der Waals surface area contributed by atoms with Crippen molar-refractivity contribution in [2.75, 3.05) is 0 Å². The third-order valence-corrected chi connectivity index (χ3v) is 6.49. The van der Waals surface area contributed by atoms with Crippen molar-refractivity contribution in [2.24, 2.45) is 0 Å². The number of rotatable bonds is 3. The monoisotopic (exact) mass is 514 g/mol. The quantitative estimate of drug-likeness (QED) is 0.406. The SMILES string of the molecule is CC(C)(C)OC(=O)NC1(c2ccc(-c3oc4c(C#N)cccc4c3I)cc2)CCC1. The van der Waals surface area contributed by atoms with Gasteiger partial charge in [-0.25, -0.2) is 4.79 Å². The van der Waals surface area contributed by atoms with Crippen molar-refractivity contribution in [1.82, 2.24) is 5.32 Å². The third-order valence-electron chi connectivity index (χ3n) is 5.42. The number of amides is 1. The van der Waals surface area contributed by atoms with Crippen LogP contribution >= 0.6 is 22.6 Å². The number of nitriles is 1. The van der Waals surface area contributed by atoms with Crippen LogP contribution in [-0.2, 0) is 10.3 Å². The Bertz CT molecular complexity index is 1150. The Morgan fingerprint density at radius 2 is 1.90 bits per heavy atom. The van der Waals surface area contributed by atoms with E-state index in [1.165, 1.54) is 0 Å². The molecule has 1 heterocycles. The van der Waals surface area contributed by atoms with E-state index in [2.05, 4.69) is 34.0 Å². The molecule has 1 amide bonds. The highest BCUT2D eigenvalue weighted by molar-refractivity contribution is 14.1. The summed E-state index contributed by atoms with van der Waals surface area (Å²) >= 11 is 2.27. The van der Waals surface area contributed by atoms with E-state index in [9.17, 15) is 10.1 Å². The van der Waals surface area contributed by atoms with Gasteiger partial charge in [0.05, 0.1) is 14.7 Å². The van der Waals surface area contributed by atoms with Crippen LogP contribution in [0.2, 0.25) is 0 Å². The summed E-state index contributed by atoms with van der Waals surface area (Å²) in [5.41, 5.74) is 2.24. The Morgan fingerprint density at radius 1 is 1.20 bits per heavy atom. The maximum absolute atomic E-state index is 12.4. The van der Waals surface area contributed by atoms with Gasteiger partial charge in [-0.05, 0) is 80.3 Å². The number of nitrogens with one attached hydrogen (secondary N) is 1. The lowest BCUT2D eigenvalue weighted by Gasteiger charge is -2.43. The molecular formula is C24H23IN2O3. The molecule has 0 bridgehead atoms. The molecule has 6 heteroatoms. The summed E-state index contributed by atoms with van der Waals surface area (Å²) in [5, 5.41) is 13.4. The number of furan rings is 1. The molecule has 0 unspecified atom stereocenters. The van der Waals surface area contributed by atoms with Gasteiger partial charge in [0, 0.05) is 10.9 Å². The number of ether oxygens (including phenoxy) is 1. The second-order valence-corrected chi connectivity index (χ2v) is 9.76. The first kappa shape index (κ1) is 20.7. The van der Waals surface area contributed by atoms with Gasteiger partial charge in [-0.1, -0.05) is 30.3 Å². The molecule has 0 spiro atoms. The van der Waals surface area contributed by atoms with Gasteiger partial charge in [0.25, 0.3) is 0 Å². The van der Waals surface area contributed by atoms with E-state index in [4.69, 9.17) is 9.15 Å². The molecule has 0 saturated heterocycles. The average Bonchev–Trinajstić information content (AvgIpc) is 3.00. The number of carbonyl (C=O) groups is 1. The van der Waals surface area contributed by atoms with E-state index in [1.54, 1.807) is 6.07 Å². The number of alkyl carbamates (subject to hydrolysis) is 1. The Kier molecular flexibility index (Phi) is 5.27. The van der Waals surface area contributed by atoms with Crippen LogP contribution < -0.4 is 5.32 Å². The van der Waals surface area contributed by atoms with E-state index < -0.39 is 5.60 Å². The highest BCUT2D eigenvalue weighted by Crippen LogP contribution is 2.43. The van der Waals surface area contributed by atoms with Crippen molar-refractivity contribution in [3.8, 4) is 17.4 Å². The second kappa shape index (κ2) is 7.62. The van der Waals surface area contributed by atoms with Crippen LogP contribution in [0.3, 0.4) is 0 Å². The van der Waals surface area contributed by atoms with Gasteiger partial charge in [0.1, 0.15) is 17.4 Å². The highest BCUT2D eigenvalue weighted by Gasteiger charge is 2.41. The summed E-state index contributed by atoms with van der Waals surface area (Å²) in [7, 11) is 0. The van der Waals surface area contributed by atoms with E-state index >= 15 is 0 Å². The van der Waals surface area contributed by atoms with Crippen molar-refractivity contribution < 1.29 is 13.9 Å². The predicted molar refractivity (Wildman–Crippen MR) is 124 cm³/mol. The second-order valence-electron chi connectivity index (χ2n) is 8.68. The maximum atomic E-state index is 12.4. The molecule has 1 fully saturated rings. The summed E-state index contributed by atoms with van der Waals surface area (Å²) in [5.74, 6) is 0.752. The highest BCUT2D eigenvalue weighted by atomic mass is 127. The minimum atomic E-state index is -0.529. The van der Waals surface area contributed by atoms with Gasteiger partial charge in [-0.2, -0.15) is 5.26 Å². The summed E-state index contributed by atoms with van der Waals surface area (Å²) in [4.78, 5) is 12.4. The van der Waals surface area contributed by atoms with E-state index in [-0.39, 0.29) is 11.6 Å². The van der Waals surface area contributed by atoms with Crippen molar-refractivity contribution in [2.45, 2.75) is 51.2 Å². The first-order valence-electron chi connectivity index (χ1n) is 9.96. The van der Waals surface area contributed by atoms with E-state index in [1.807, 2.05) is 57.2 Å². The number of carbonyl (C=O) groups excluding carboxylic acids is 1. The largest absolute Gasteiger partial charge is 0.454 e. The number of benzene rings is 2. The smallest absolute Gasteiger partial charge is 0.408 e. The Morgan fingerprint density at radius 3 is 2.47 bits per heavy atom. The zero-order valence-corrected chi connectivity index (χ0v) is 19.4. The molecular weight excluding hydrogens is 491 g/mol. The zero-order chi connectivity index (χ0) is 21.5. The molecule has 0 atom stereocenters. The summed E-state index contributed by atoms with van der Waals surface area (Å²) in [6.07, 6.45) is 2.45. The topological polar surface area (TPSA) is 75.3 Å². The van der Waals surface area contributed by atoms with Crippen LogP contribution in [0, 0.1) is 14.9 Å². The van der Waals surface area contributed by atoms with Crippen molar-refractivity contribution >= 4 is 39.7 Å². The number of nitrogens with zero attached hydrogens (tertiary/aromatic N) is 1. The molecule has 154 valence electrons. The molecule has 5 nitrogen and oxygen atoms in total. The predicted octanol–water partition coefficient (Wildman–Crippen LogP) is 6.48. The number of hydrogen-bond donors (Lipinski definition) is 1. The zero-order valence-electron chi connectivity index (χ0n) is 17.2. The molecule has 0 aliphatic heterocycles. The minimum absolute atomic E-state index is 0.379. The van der Waals surface area contributed by atoms with E-state index in [0.717, 1.165) is 45.1 Å². The molecule has 1 aromatic heterocycles.